The van der Waals surface area contributed by atoms with E-state index < -0.39 is 0 Å². The molecule has 2 heteroatoms. The Bertz CT molecular complexity index is 1840. The summed E-state index contributed by atoms with van der Waals surface area (Å²) in [6, 6.07) is 50.7. The van der Waals surface area contributed by atoms with Crippen molar-refractivity contribution in [2.45, 2.75) is 0 Å². The monoisotopic (exact) mass is 487 g/mol. The third-order valence-electron chi connectivity index (χ3n) is 7.09. The van der Waals surface area contributed by atoms with Gasteiger partial charge in [0.1, 0.15) is 11.5 Å². The predicted octanol–water partition coefficient (Wildman–Crippen LogP) is 9.89. The van der Waals surface area contributed by atoms with Crippen LogP contribution in [0.1, 0.15) is 0 Å². The summed E-state index contributed by atoms with van der Waals surface area (Å²) in [4.78, 5) is 0. The molecule has 0 aliphatic carbocycles. The Morgan fingerprint density at radius 3 is 1.55 bits per heavy atom. The van der Waals surface area contributed by atoms with Crippen LogP contribution >= 0.6 is 0 Å². The molecule has 5 aromatic carbocycles. The number of benzene rings is 5. The van der Waals surface area contributed by atoms with Crippen molar-refractivity contribution in [1.82, 2.24) is 4.57 Å². The zero-order chi connectivity index (χ0) is 25.3. The van der Waals surface area contributed by atoms with Crippen LogP contribution in [0.4, 0.5) is 0 Å². The first-order chi connectivity index (χ1) is 18.9. The van der Waals surface area contributed by atoms with E-state index >= 15 is 0 Å². The summed E-state index contributed by atoms with van der Waals surface area (Å²) in [5.41, 5.74) is 7.85. The number of fused-ring (bicyclic) bond motifs is 1. The fraction of sp³-hybridized carbons (Fsp3) is 0. The second kappa shape index (κ2) is 9.42. The molecule has 0 aliphatic rings. The Balaban J connectivity index is 1.49. The summed E-state index contributed by atoms with van der Waals surface area (Å²) < 4.78 is 9.15. The summed E-state index contributed by atoms with van der Waals surface area (Å²) in [6.07, 6.45) is 2.14. The Hall–Kier alpha value is -5.08. The van der Waals surface area contributed by atoms with Crippen molar-refractivity contribution < 1.29 is 4.42 Å². The van der Waals surface area contributed by atoms with E-state index in [0.717, 1.165) is 55.9 Å². The third kappa shape index (κ3) is 3.75. The number of nitrogens with zero attached hydrogens (tertiary/aromatic N) is 1. The SMILES string of the molecule is c1ccc(-c2ccccc2-c2oc(-c3ccn(-c4ccccc4)c3-c3ccccc3)c3ccccc23)cc1. The maximum Gasteiger partial charge on any atom is 0.144 e. The highest BCUT2D eigenvalue weighted by molar-refractivity contribution is 6.06. The predicted molar refractivity (Wildman–Crippen MR) is 157 cm³/mol. The Morgan fingerprint density at radius 1 is 0.395 bits per heavy atom. The molecule has 0 saturated heterocycles. The Labute approximate surface area is 222 Å². The fourth-order valence-corrected chi connectivity index (χ4v) is 5.35. The summed E-state index contributed by atoms with van der Waals surface area (Å²) in [6.45, 7) is 0. The number of para-hydroxylation sites is 1. The van der Waals surface area contributed by atoms with Crippen LogP contribution in [0.15, 0.2) is 156 Å². The van der Waals surface area contributed by atoms with Crippen molar-refractivity contribution >= 4 is 10.8 Å². The lowest BCUT2D eigenvalue weighted by Gasteiger charge is -2.12. The second-order valence-corrected chi connectivity index (χ2v) is 9.37. The first-order valence-corrected chi connectivity index (χ1v) is 12.9. The molecule has 0 spiro atoms. The first-order valence-electron chi connectivity index (χ1n) is 12.9. The van der Waals surface area contributed by atoms with Crippen LogP contribution < -0.4 is 0 Å². The van der Waals surface area contributed by atoms with E-state index in [4.69, 9.17) is 4.42 Å². The summed E-state index contributed by atoms with van der Waals surface area (Å²) in [7, 11) is 0. The molecule has 2 heterocycles. The van der Waals surface area contributed by atoms with Crippen molar-refractivity contribution in [2.75, 3.05) is 0 Å². The van der Waals surface area contributed by atoms with Crippen LogP contribution in [0.3, 0.4) is 0 Å². The largest absolute Gasteiger partial charge is 0.455 e. The van der Waals surface area contributed by atoms with Crippen LogP contribution in [0, 0.1) is 0 Å². The Kier molecular flexibility index (Phi) is 5.49. The lowest BCUT2D eigenvalue weighted by atomic mass is 9.96. The van der Waals surface area contributed by atoms with E-state index in [1.807, 2.05) is 6.07 Å². The molecule has 0 fully saturated rings. The normalized spacial score (nSPS) is 11.2. The molecular weight excluding hydrogens is 462 g/mol. The highest BCUT2D eigenvalue weighted by Crippen LogP contribution is 2.45. The van der Waals surface area contributed by atoms with E-state index in [1.54, 1.807) is 0 Å². The molecular formula is C36H25NO. The molecule has 7 aromatic rings. The molecule has 0 unspecified atom stereocenters. The van der Waals surface area contributed by atoms with Gasteiger partial charge in [-0.25, -0.2) is 0 Å². The molecule has 2 aromatic heterocycles. The standard InChI is InChI=1S/C36H25NO/c1-4-14-26(15-5-1)29-20-10-11-21-30(29)35-31-22-12-13-23-32(31)36(38-35)33-24-25-37(28-18-8-3-9-19-28)34(33)27-16-6-2-7-17-27/h1-25H. The maximum atomic E-state index is 6.90. The molecule has 0 amide bonds. The Morgan fingerprint density at radius 2 is 0.895 bits per heavy atom. The van der Waals surface area contributed by atoms with Crippen LogP contribution in [0.2, 0.25) is 0 Å². The molecule has 0 atom stereocenters. The van der Waals surface area contributed by atoms with Crippen molar-refractivity contribution in [3.05, 3.63) is 152 Å². The highest BCUT2D eigenvalue weighted by atomic mass is 16.3. The van der Waals surface area contributed by atoms with E-state index in [0.29, 0.717) is 0 Å². The lowest BCUT2D eigenvalue weighted by molar-refractivity contribution is 0.602. The van der Waals surface area contributed by atoms with Gasteiger partial charge in [0, 0.05) is 33.8 Å². The van der Waals surface area contributed by atoms with Gasteiger partial charge in [0.2, 0.25) is 0 Å². The minimum Gasteiger partial charge on any atom is -0.455 e. The van der Waals surface area contributed by atoms with Crippen LogP contribution in [0.25, 0.3) is 61.5 Å². The van der Waals surface area contributed by atoms with Gasteiger partial charge in [-0.1, -0.05) is 127 Å². The maximum absolute atomic E-state index is 6.90. The average Bonchev–Trinajstić information content (AvgIpc) is 3.61. The van der Waals surface area contributed by atoms with Crippen molar-refractivity contribution in [3.8, 4) is 50.7 Å². The number of hydrogen-bond donors (Lipinski definition) is 0. The van der Waals surface area contributed by atoms with Crippen LogP contribution in [-0.2, 0) is 0 Å². The minimum atomic E-state index is 0.881. The minimum absolute atomic E-state index is 0.881. The van der Waals surface area contributed by atoms with E-state index in [9.17, 15) is 0 Å². The van der Waals surface area contributed by atoms with Gasteiger partial charge < -0.3 is 8.98 Å². The molecule has 0 saturated carbocycles. The third-order valence-corrected chi connectivity index (χ3v) is 7.09. The van der Waals surface area contributed by atoms with Gasteiger partial charge in [-0.05, 0) is 34.9 Å². The van der Waals surface area contributed by atoms with Gasteiger partial charge in [0.15, 0.2) is 0 Å². The molecule has 0 N–H and O–H groups in total. The number of hydrogen-bond acceptors (Lipinski definition) is 1. The van der Waals surface area contributed by atoms with Crippen molar-refractivity contribution in [2.24, 2.45) is 0 Å². The summed E-state index contributed by atoms with van der Waals surface area (Å²) in [5, 5.41) is 2.21. The van der Waals surface area contributed by atoms with E-state index in [2.05, 4.69) is 150 Å². The number of rotatable bonds is 5. The number of aromatic nitrogens is 1. The van der Waals surface area contributed by atoms with Gasteiger partial charge in [0.05, 0.1) is 5.69 Å². The highest BCUT2D eigenvalue weighted by Gasteiger charge is 2.23. The van der Waals surface area contributed by atoms with Gasteiger partial charge in [-0.3, -0.25) is 0 Å². The summed E-state index contributed by atoms with van der Waals surface area (Å²) >= 11 is 0. The van der Waals surface area contributed by atoms with Crippen LogP contribution in [-0.4, -0.2) is 4.57 Å². The molecule has 38 heavy (non-hydrogen) atoms. The smallest absolute Gasteiger partial charge is 0.144 e. The van der Waals surface area contributed by atoms with Crippen molar-refractivity contribution in [3.63, 3.8) is 0 Å². The van der Waals surface area contributed by atoms with Crippen molar-refractivity contribution in [1.29, 1.82) is 0 Å². The quantitative estimate of drug-likeness (QED) is 0.236. The molecule has 0 aliphatic heterocycles. The lowest BCUT2D eigenvalue weighted by Crippen LogP contribution is -1.95. The zero-order valence-electron chi connectivity index (χ0n) is 20.8. The molecule has 7 rings (SSSR count). The molecule has 2 nitrogen and oxygen atoms in total. The van der Waals surface area contributed by atoms with Gasteiger partial charge in [0.25, 0.3) is 0 Å². The van der Waals surface area contributed by atoms with E-state index in [1.165, 1.54) is 5.56 Å². The molecule has 0 bridgehead atoms. The second-order valence-electron chi connectivity index (χ2n) is 9.37. The topological polar surface area (TPSA) is 18.1 Å². The zero-order valence-corrected chi connectivity index (χ0v) is 20.8. The van der Waals surface area contributed by atoms with Crippen LogP contribution in [0.5, 0.6) is 0 Å². The molecule has 180 valence electrons. The number of furan rings is 1. The first kappa shape index (κ1) is 22.1. The fourth-order valence-electron chi connectivity index (χ4n) is 5.35. The van der Waals surface area contributed by atoms with Gasteiger partial charge >= 0.3 is 0 Å². The van der Waals surface area contributed by atoms with Gasteiger partial charge in [-0.15, -0.1) is 0 Å². The van der Waals surface area contributed by atoms with Gasteiger partial charge in [-0.2, -0.15) is 0 Å². The van der Waals surface area contributed by atoms with E-state index in [-0.39, 0.29) is 0 Å². The summed E-state index contributed by atoms with van der Waals surface area (Å²) in [5.74, 6) is 1.77. The average molecular weight is 488 g/mol. The molecule has 0 radical (unpaired) electrons.